The number of carbonyl (C=O) groups excluding carboxylic acids is 2. The lowest BCUT2D eigenvalue weighted by atomic mass is 10.1. The molecule has 4 heteroatoms. The van der Waals surface area contributed by atoms with Crippen LogP contribution in [0.4, 0.5) is 5.69 Å². The minimum Gasteiger partial charge on any atom is -0.462 e. The predicted molar refractivity (Wildman–Crippen MR) is 90.6 cm³/mol. The van der Waals surface area contributed by atoms with Crippen molar-refractivity contribution in [2.45, 2.75) is 27.2 Å². The van der Waals surface area contributed by atoms with Gasteiger partial charge in [0, 0.05) is 5.69 Å². The fraction of sp³-hybridized carbons (Fsp3) is 0.263. The number of esters is 1. The largest absolute Gasteiger partial charge is 0.462 e. The number of amides is 1. The van der Waals surface area contributed by atoms with Crippen molar-refractivity contribution in [3.05, 3.63) is 64.7 Å². The fourth-order valence-corrected chi connectivity index (χ4v) is 2.18. The molecule has 4 nitrogen and oxygen atoms in total. The van der Waals surface area contributed by atoms with Gasteiger partial charge in [-0.3, -0.25) is 4.79 Å². The van der Waals surface area contributed by atoms with Gasteiger partial charge in [-0.15, -0.1) is 0 Å². The number of rotatable bonds is 5. The Kier molecular flexibility index (Phi) is 5.52. The quantitative estimate of drug-likeness (QED) is 0.857. The van der Waals surface area contributed by atoms with Crippen molar-refractivity contribution in [1.82, 2.24) is 0 Å². The molecule has 23 heavy (non-hydrogen) atoms. The average molecular weight is 311 g/mol. The number of ether oxygens (including phenoxy) is 1. The van der Waals surface area contributed by atoms with Gasteiger partial charge in [-0.25, -0.2) is 4.79 Å². The standard InChI is InChI=1S/C19H21NO3/c1-4-23-19(22)16-10-7-14(3)17(12-16)20-18(21)11-15-8-5-13(2)6-9-15/h5-10,12H,4,11H2,1-3H3,(H,20,21). The maximum atomic E-state index is 12.2. The van der Waals surface area contributed by atoms with E-state index in [-0.39, 0.29) is 11.9 Å². The summed E-state index contributed by atoms with van der Waals surface area (Å²) < 4.78 is 4.98. The van der Waals surface area contributed by atoms with Crippen LogP contribution in [-0.4, -0.2) is 18.5 Å². The molecule has 0 atom stereocenters. The molecule has 1 amide bonds. The van der Waals surface area contributed by atoms with Crippen LogP contribution in [-0.2, 0) is 16.0 Å². The Bertz CT molecular complexity index is 705. The highest BCUT2D eigenvalue weighted by atomic mass is 16.5. The molecule has 0 saturated heterocycles. The second kappa shape index (κ2) is 7.58. The predicted octanol–water partition coefficient (Wildman–Crippen LogP) is 3.66. The van der Waals surface area contributed by atoms with Gasteiger partial charge in [0.05, 0.1) is 18.6 Å². The van der Waals surface area contributed by atoms with E-state index in [0.717, 1.165) is 16.7 Å². The summed E-state index contributed by atoms with van der Waals surface area (Å²) in [6.45, 7) is 5.97. The van der Waals surface area contributed by atoms with Crippen LogP contribution >= 0.6 is 0 Å². The first kappa shape index (κ1) is 16.7. The van der Waals surface area contributed by atoms with E-state index in [1.165, 1.54) is 0 Å². The third-order valence-corrected chi connectivity index (χ3v) is 3.51. The van der Waals surface area contributed by atoms with Crippen LogP contribution in [0.3, 0.4) is 0 Å². The monoisotopic (exact) mass is 311 g/mol. The van der Waals surface area contributed by atoms with Crippen LogP contribution < -0.4 is 5.32 Å². The number of anilines is 1. The van der Waals surface area contributed by atoms with Crippen molar-refractivity contribution in [3.8, 4) is 0 Å². The Morgan fingerprint density at radius 1 is 1.04 bits per heavy atom. The van der Waals surface area contributed by atoms with E-state index in [0.29, 0.717) is 24.3 Å². The summed E-state index contributed by atoms with van der Waals surface area (Å²) in [5.41, 5.74) is 4.07. The summed E-state index contributed by atoms with van der Waals surface area (Å²) in [6, 6.07) is 13.0. The normalized spacial score (nSPS) is 10.2. The van der Waals surface area contributed by atoms with Gasteiger partial charge in [-0.1, -0.05) is 35.9 Å². The second-order valence-corrected chi connectivity index (χ2v) is 5.46. The van der Waals surface area contributed by atoms with Gasteiger partial charge in [0.25, 0.3) is 0 Å². The van der Waals surface area contributed by atoms with Crippen molar-refractivity contribution >= 4 is 17.6 Å². The number of aryl methyl sites for hydroxylation is 2. The Balaban J connectivity index is 2.09. The molecule has 0 spiro atoms. The molecule has 2 aromatic rings. The highest BCUT2D eigenvalue weighted by molar-refractivity contribution is 5.96. The van der Waals surface area contributed by atoms with Crippen molar-refractivity contribution in [2.24, 2.45) is 0 Å². The molecule has 0 unspecified atom stereocenters. The number of nitrogens with one attached hydrogen (secondary N) is 1. The molecule has 0 saturated carbocycles. The van der Waals surface area contributed by atoms with Gasteiger partial charge in [0.2, 0.25) is 5.91 Å². The number of hydrogen-bond acceptors (Lipinski definition) is 3. The topological polar surface area (TPSA) is 55.4 Å². The Morgan fingerprint density at radius 2 is 1.74 bits per heavy atom. The van der Waals surface area contributed by atoms with E-state index in [2.05, 4.69) is 5.32 Å². The zero-order chi connectivity index (χ0) is 16.8. The summed E-state index contributed by atoms with van der Waals surface area (Å²) in [6.07, 6.45) is 0.295. The van der Waals surface area contributed by atoms with E-state index in [4.69, 9.17) is 4.74 Å². The van der Waals surface area contributed by atoms with Crippen LogP contribution in [0.15, 0.2) is 42.5 Å². The van der Waals surface area contributed by atoms with Gasteiger partial charge in [-0.2, -0.15) is 0 Å². The van der Waals surface area contributed by atoms with Crippen molar-refractivity contribution < 1.29 is 14.3 Å². The van der Waals surface area contributed by atoms with Crippen molar-refractivity contribution in [3.63, 3.8) is 0 Å². The summed E-state index contributed by atoms with van der Waals surface area (Å²) in [5.74, 6) is -0.500. The SMILES string of the molecule is CCOC(=O)c1ccc(C)c(NC(=O)Cc2ccc(C)cc2)c1. The van der Waals surface area contributed by atoms with Crippen molar-refractivity contribution in [2.75, 3.05) is 11.9 Å². The Morgan fingerprint density at radius 3 is 2.39 bits per heavy atom. The van der Waals surface area contributed by atoms with Crippen molar-refractivity contribution in [1.29, 1.82) is 0 Å². The van der Waals surface area contributed by atoms with E-state index >= 15 is 0 Å². The van der Waals surface area contributed by atoms with Gasteiger partial charge < -0.3 is 10.1 Å². The second-order valence-electron chi connectivity index (χ2n) is 5.46. The van der Waals surface area contributed by atoms with Gasteiger partial charge in [0.1, 0.15) is 0 Å². The molecule has 1 N–H and O–H groups in total. The Labute approximate surface area is 136 Å². The number of hydrogen-bond donors (Lipinski definition) is 1. The minimum atomic E-state index is -0.387. The van der Waals surface area contributed by atoms with E-state index in [1.54, 1.807) is 25.1 Å². The summed E-state index contributed by atoms with van der Waals surface area (Å²) >= 11 is 0. The highest BCUT2D eigenvalue weighted by Crippen LogP contribution is 2.18. The third-order valence-electron chi connectivity index (χ3n) is 3.51. The van der Waals surface area contributed by atoms with E-state index in [9.17, 15) is 9.59 Å². The molecule has 120 valence electrons. The number of benzene rings is 2. The maximum Gasteiger partial charge on any atom is 0.338 e. The summed E-state index contributed by atoms with van der Waals surface area (Å²) in [7, 11) is 0. The van der Waals surface area contributed by atoms with Gasteiger partial charge in [-0.05, 0) is 44.0 Å². The minimum absolute atomic E-state index is 0.113. The molecule has 0 aromatic heterocycles. The Hall–Kier alpha value is -2.62. The molecule has 0 bridgehead atoms. The average Bonchev–Trinajstić information content (AvgIpc) is 2.52. The molecule has 0 aliphatic heterocycles. The molecule has 0 heterocycles. The smallest absolute Gasteiger partial charge is 0.338 e. The van der Waals surface area contributed by atoms with E-state index in [1.807, 2.05) is 38.1 Å². The first-order valence-corrected chi connectivity index (χ1v) is 7.62. The molecular weight excluding hydrogens is 290 g/mol. The van der Waals surface area contributed by atoms with Gasteiger partial charge in [0.15, 0.2) is 0 Å². The summed E-state index contributed by atoms with van der Waals surface area (Å²) in [5, 5.41) is 2.86. The molecular formula is C19H21NO3. The molecule has 2 rings (SSSR count). The molecule has 0 fully saturated rings. The third kappa shape index (κ3) is 4.68. The highest BCUT2D eigenvalue weighted by Gasteiger charge is 2.11. The van der Waals surface area contributed by atoms with Crippen LogP contribution in [0, 0.1) is 13.8 Å². The number of carbonyl (C=O) groups is 2. The van der Waals surface area contributed by atoms with Crippen LogP contribution in [0.1, 0.15) is 34.0 Å². The van der Waals surface area contributed by atoms with Crippen LogP contribution in [0.5, 0.6) is 0 Å². The fourth-order valence-electron chi connectivity index (χ4n) is 2.18. The van der Waals surface area contributed by atoms with Crippen LogP contribution in [0.25, 0.3) is 0 Å². The molecule has 0 aliphatic rings. The van der Waals surface area contributed by atoms with Gasteiger partial charge >= 0.3 is 5.97 Å². The zero-order valence-corrected chi connectivity index (χ0v) is 13.7. The lowest BCUT2D eigenvalue weighted by molar-refractivity contribution is -0.115. The first-order chi connectivity index (χ1) is 11.0. The molecule has 0 aliphatic carbocycles. The van der Waals surface area contributed by atoms with Crippen LogP contribution in [0.2, 0.25) is 0 Å². The zero-order valence-electron chi connectivity index (χ0n) is 13.7. The summed E-state index contributed by atoms with van der Waals surface area (Å²) in [4.78, 5) is 24.0. The maximum absolute atomic E-state index is 12.2. The van der Waals surface area contributed by atoms with E-state index < -0.39 is 0 Å². The first-order valence-electron chi connectivity index (χ1n) is 7.62. The lowest BCUT2D eigenvalue weighted by Gasteiger charge is -2.10. The lowest BCUT2D eigenvalue weighted by Crippen LogP contribution is -2.16. The molecule has 0 radical (unpaired) electrons. The molecule has 2 aromatic carbocycles.